The molecule has 3 heteroatoms. The summed E-state index contributed by atoms with van der Waals surface area (Å²) in [6.07, 6.45) is 3.26. The highest BCUT2D eigenvalue weighted by atomic mass is 19.1. The summed E-state index contributed by atoms with van der Waals surface area (Å²) in [5.41, 5.74) is 0.643. The molecule has 92 valence electrons. The molecule has 0 atom stereocenters. The summed E-state index contributed by atoms with van der Waals surface area (Å²) in [5.74, 6) is 0.703. The van der Waals surface area contributed by atoms with Crippen LogP contribution in [0.15, 0.2) is 24.3 Å². The van der Waals surface area contributed by atoms with Crippen LogP contribution in [0.4, 0.5) is 10.1 Å². The van der Waals surface area contributed by atoms with Crippen molar-refractivity contribution in [2.24, 2.45) is 5.92 Å². The third kappa shape index (κ3) is 3.05. The van der Waals surface area contributed by atoms with E-state index in [2.05, 4.69) is 0 Å². The first-order valence-electron chi connectivity index (χ1n) is 6.14. The zero-order valence-corrected chi connectivity index (χ0v) is 10.2. The van der Waals surface area contributed by atoms with Crippen molar-refractivity contribution < 1.29 is 9.18 Å². The molecule has 0 N–H and O–H groups in total. The van der Waals surface area contributed by atoms with Crippen LogP contribution >= 0.6 is 0 Å². The summed E-state index contributed by atoms with van der Waals surface area (Å²) in [7, 11) is 1.91. The fourth-order valence-electron chi connectivity index (χ4n) is 2.43. The highest BCUT2D eigenvalue weighted by Gasteiger charge is 2.20. The number of halogens is 1. The fraction of sp³-hybridized carbons (Fsp3) is 0.500. The largest absolute Gasteiger partial charge is 0.372 e. The highest BCUT2D eigenvalue weighted by Crippen LogP contribution is 2.25. The predicted octanol–water partition coefficient (Wildman–Crippen LogP) is 3.02. The maximum atomic E-state index is 13.6. The van der Waals surface area contributed by atoms with Crippen LogP contribution in [-0.2, 0) is 4.79 Å². The van der Waals surface area contributed by atoms with Crippen molar-refractivity contribution in [3.05, 3.63) is 30.1 Å². The van der Waals surface area contributed by atoms with Gasteiger partial charge in [0.2, 0.25) is 0 Å². The summed E-state index contributed by atoms with van der Waals surface area (Å²) >= 11 is 0. The van der Waals surface area contributed by atoms with Gasteiger partial charge in [-0.3, -0.25) is 4.79 Å². The second kappa shape index (κ2) is 5.30. The Morgan fingerprint density at radius 3 is 2.59 bits per heavy atom. The minimum Gasteiger partial charge on any atom is -0.372 e. The van der Waals surface area contributed by atoms with Crippen LogP contribution in [0.3, 0.4) is 0 Å². The molecule has 1 aliphatic rings. The van der Waals surface area contributed by atoms with Gasteiger partial charge in [0.05, 0.1) is 5.69 Å². The Hall–Kier alpha value is -1.38. The Kier molecular flexibility index (Phi) is 3.77. The van der Waals surface area contributed by atoms with Crippen molar-refractivity contribution >= 4 is 11.5 Å². The molecule has 17 heavy (non-hydrogen) atoms. The molecule has 0 radical (unpaired) electrons. The summed E-state index contributed by atoms with van der Waals surface area (Å²) in [6.45, 7) is 0.828. The lowest BCUT2D eigenvalue weighted by atomic mass is 9.88. The lowest BCUT2D eigenvalue weighted by molar-refractivity contribution is -0.120. The zero-order valence-electron chi connectivity index (χ0n) is 10.2. The van der Waals surface area contributed by atoms with Crippen LogP contribution in [-0.4, -0.2) is 19.4 Å². The molecular weight excluding hydrogens is 217 g/mol. The number of benzene rings is 1. The van der Waals surface area contributed by atoms with Crippen molar-refractivity contribution in [1.82, 2.24) is 0 Å². The normalized spacial score (nSPS) is 17.2. The standard InChI is InChI=1S/C14H18FNO/c1-16(14-5-3-2-4-13(14)15)10-11-6-8-12(17)9-7-11/h2-5,11H,6-10H2,1H3. The maximum absolute atomic E-state index is 13.6. The lowest BCUT2D eigenvalue weighted by Gasteiger charge is -2.28. The van der Waals surface area contributed by atoms with E-state index in [0.717, 1.165) is 19.4 Å². The van der Waals surface area contributed by atoms with Gasteiger partial charge in [-0.2, -0.15) is 0 Å². The summed E-state index contributed by atoms with van der Waals surface area (Å²) in [4.78, 5) is 13.1. The molecule has 0 spiro atoms. The van der Waals surface area contributed by atoms with Gasteiger partial charge in [0.1, 0.15) is 11.6 Å². The van der Waals surface area contributed by atoms with Gasteiger partial charge in [-0.05, 0) is 30.9 Å². The molecule has 1 fully saturated rings. The molecule has 0 amide bonds. The third-order valence-electron chi connectivity index (χ3n) is 3.46. The third-order valence-corrected chi connectivity index (χ3v) is 3.46. The SMILES string of the molecule is CN(CC1CCC(=O)CC1)c1ccccc1F. The van der Waals surface area contributed by atoms with E-state index < -0.39 is 0 Å². The summed E-state index contributed by atoms with van der Waals surface area (Å²) in [5, 5.41) is 0. The van der Waals surface area contributed by atoms with E-state index >= 15 is 0 Å². The summed E-state index contributed by atoms with van der Waals surface area (Å²) < 4.78 is 13.6. The Bertz CT molecular complexity index is 395. The number of hydrogen-bond donors (Lipinski definition) is 0. The molecule has 0 aromatic heterocycles. The van der Waals surface area contributed by atoms with Crippen LogP contribution in [0.1, 0.15) is 25.7 Å². The van der Waals surface area contributed by atoms with Gasteiger partial charge in [0, 0.05) is 26.4 Å². The number of nitrogens with zero attached hydrogens (tertiary/aromatic N) is 1. The molecule has 0 saturated heterocycles. The number of rotatable bonds is 3. The Balaban J connectivity index is 1.95. The van der Waals surface area contributed by atoms with Crippen molar-refractivity contribution in [2.45, 2.75) is 25.7 Å². The van der Waals surface area contributed by atoms with Crippen molar-refractivity contribution in [1.29, 1.82) is 0 Å². The second-order valence-electron chi connectivity index (χ2n) is 4.81. The smallest absolute Gasteiger partial charge is 0.146 e. The molecule has 2 nitrogen and oxygen atoms in total. The van der Waals surface area contributed by atoms with E-state index in [1.54, 1.807) is 12.1 Å². The second-order valence-corrected chi connectivity index (χ2v) is 4.81. The zero-order chi connectivity index (χ0) is 12.3. The average Bonchev–Trinajstić information content (AvgIpc) is 2.32. The fourth-order valence-corrected chi connectivity index (χ4v) is 2.43. The number of Topliss-reactive ketones (excluding diaryl/α,β-unsaturated/α-hetero) is 1. The average molecular weight is 235 g/mol. The number of hydrogen-bond acceptors (Lipinski definition) is 2. The van der Waals surface area contributed by atoms with Crippen LogP contribution in [0, 0.1) is 11.7 Å². The lowest BCUT2D eigenvalue weighted by Crippen LogP contribution is -2.29. The molecule has 0 unspecified atom stereocenters. The van der Waals surface area contributed by atoms with Gasteiger partial charge in [-0.1, -0.05) is 12.1 Å². The Morgan fingerprint density at radius 1 is 1.29 bits per heavy atom. The Morgan fingerprint density at radius 2 is 1.94 bits per heavy atom. The van der Waals surface area contributed by atoms with Gasteiger partial charge in [-0.25, -0.2) is 4.39 Å². The van der Waals surface area contributed by atoms with E-state index in [1.807, 2.05) is 18.0 Å². The maximum Gasteiger partial charge on any atom is 0.146 e. The molecule has 1 aromatic carbocycles. The number of ketones is 1. The number of anilines is 1. The van der Waals surface area contributed by atoms with E-state index in [1.165, 1.54) is 6.07 Å². The van der Waals surface area contributed by atoms with Gasteiger partial charge in [0.25, 0.3) is 0 Å². The van der Waals surface area contributed by atoms with Crippen molar-refractivity contribution in [3.63, 3.8) is 0 Å². The van der Waals surface area contributed by atoms with Gasteiger partial charge < -0.3 is 4.90 Å². The van der Waals surface area contributed by atoms with E-state index in [4.69, 9.17) is 0 Å². The van der Waals surface area contributed by atoms with Gasteiger partial charge in [-0.15, -0.1) is 0 Å². The molecule has 0 heterocycles. The quantitative estimate of drug-likeness (QED) is 0.802. The molecule has 1 aliphatic carbocycles. The van der Waals surface area contributed by atoms with Crippen LogP contribution in [0.2, 0.25) is 0 Å². The van der Waals surface area contributed by atoms with Gasteiger partial charge >= 0.3 is 0 Å². The van der Waals surface area contributed by atoms with Crippen molar-refractivity contribution in [3.8, 4) is 0 Å². The minimum atomic E-state index is -0.179. The minimum absolute atomic E-state index is 0.179. The first-order chi connectivity index (χ1) is 8.16. The van der Waals surface area contributed by atoms with Crippen LogP contribution in [0.5, 0.6) is 0 Å². The van der Waals surface area contributed by atoms with E-state index in [-0.39, 0.29) is 5.82 Å². The Labute approximate surface area is 101 Å². The van der Waals surface area contributed by atoms with Crippen LogP contribution in [0.25, 0.3) is 0 Å². The van der Waals surface area contributed by atoms with E-state index in [0.29, 0.717) is 30.2 Å². The van der Waals surface area contributed by atoms with Crippen molar-refractivity contribution in [2.75, 3.05) is 18.5 Å². The first-order valence-corrected chi connectivity index (χ1v) is 6.14. The molecule has 1 aromatic rings. The number of carbonyl (C=O) groups is 1. The number of para-hydroxylation sites is 1. The number of carbonyl (C=O) groups excluding carboxylic acids is 1. The predicted molar refractivity (Wildman–Crippen MR) is 66.6 cm³/mol. The topological polar surface area (TPSA) is 20.3 Å². The highest BCUT2D eigenvalue weighted by molar-refractivity contribution is 5.79. The summed E-state index contributed by atoms with van der Waals surface area (Å²) in [6, 6.07) is 6.82. The van der Waals surface area contributed by atoms with Gasteiger partial charge in [0.15, 0.2) is 0 Å². The first kappa shape index (κ1) is 12.1. The molecule has 1 saturated carbocycles. The monoisotopic (exact) mass is 235 g/mol. The van der Waals surface area contributed by atoms with E-state index in [9.17, 15) is 9.18 Å². The molecular formula is C14H18FNO. The molecule has 2 rings (SSSR count). The van der Waals surface area contributed by atoms with Crippen LogP contribution < -0.4 is 4.90 Å². The molecule has 0 bridgehead atoms. The molecule has 0 aliphatic heterocycles.